The van der Waals surface area contributed by atoms with Gasteiger partial charge in [0, 0.05) is 13.1 Å². The molecular formula is C11H10ClN3O3. The Labute approximate surface area is 108 Å². The van der Waals surface area contributed by atoms with Crippen molar-refractivity contribution in [3.8, 4) is 0 Å². The van der Waals surface area contributed by atoms with Crippen LogP contribution in [0.5, 0.6) is 0 Å². The number of ether oxygens (including phenoxy) is 1. The Balaban J connectivity index is 2.02. The van der Waals surface area contributed by atoms with Gasteiger partial charge in [-0.15, -0.1) is 0 Å². The second kappa shape index (κ2) is 4.55. The molecule has 6 nitrogen and oxygen atoms in total. The number of carbonyl (C=O) groups is 1. The summed E-state index contributed by atoms with van der Waals surface area (Å²) < 4.78 is 10.8. The lowest BCUT2D eigenvalue weighted by atomic mass is 10.3. The van der Waals surface area contributed by atoms with Gasteiger partial charge < -0.3 is 14.1 Å². The van der Waals surface area contributed by atoms with Gasteiger partial charge in [0.1, 0.15) is 5.15 Å². The van der Waals surface area contributed by atoms with Crippen molar-refractivity contribution in [1.82, 2.24) is 9.97 Å². The van der Waals surface area contributed by atoms with Gasteiger partial charge in [-0.1, -0.05) is 11.6 Å². The van der Waals surface area contributed by atoms with Crippen molar-refractivity contribution in [2.24, 2.45) is 0 Å². The van der Waals surface area contributed by atoms with E-state index in [4.69, 9.17) is 20.8 Å². The number of halogens is 1. The second-order valence-corrected chi connectivity index (χ2v) is 4.26. The molecule has 0 N–H and O–H groups in total. The van der Waals surface area contributed by atoms with E-state index in [1.54, 1.807) is 6.07 Å². The SMILES string of the molecule is O=Cc1cc2oc(N3CCOCC3)nc2nc1Cl. The highest BCUT2D eigenvalue weighted by molar-refractivity contribution is 6.32. The molecule has 2 aromatic rings. The molecule has 1 saturated heterocycles. The molecule has 1 fully saturated rings. The van der Waals surface area contributed by atoms with E-state index >= 15 is 0 Å². The third-order valence-corrected chi connectivity index (χ3v) is 3.06. The van der Waals surface area contributed by atoms with Gasteiger partial charge in [0.25, 0.3) is 6.01 Å². The summed E-state index contributed by atoms with van der Waals surface area (Å²) in [6.07, 6.45) is 0.645. The van der Waals surface area contributed by atoms with E-state index < -0.39 is 0 Å². The standard InChI is InChI=1S/C11H10ClN3O3/c12-9-7(6-16)5-8-10(13-9)14-11(18-8)15-1-3-17-4-2-15/h5-6H,1-4H2. The number of oxazole rings is 1. The predicted octanol–water partition coefficient (Wildman–Crippen LogP) is 1.53. The number of hydrogen-bond acceptors (Lipinski definition) is 6. The van der Waals surface area contributed by atoms with Crippen LogP contribution < -0.4 is 4.90 Å². The minimum Gasteiger partial charge on any atom is -0.422 e. The first-order valence-electron chi connectivity index (χ1n) is 5.53. The molecule has 0 spiro atoms. The molecule has 3 heterocycles. The Morgan fingerprint density at radius 2 is 2.11 bits per heavy atom. The van der Waals surface area contributed by atoms with E-state index in [1.165, 1.54) is 0 Å². The molecule has 0 bridgehead atoms. The molecule has 0 radical (unpaired) electrons. The summed E-state index contributed by atoms with van der Waals surface area (Å²) in [7, 11) is 0. The summed E-state index contributed by atoms with van der Waals surface area (Å²) in [6.45, 7) is 2.74. The third-order valence-electron chi connectivity index (χ3n) is 2.76. The minimum absolute atomic E-state index is 0.138. The Morgan fingerprint density at radius 3 is 2.83 bits per heavy atom. The van der Waals surface area contributed by atoms with E-state index in [0.717, 1.165) is 13.1 Å². The van der Waals surface area contributed by atoms with E-state index in [-0.39, 0.29) is 5.15 Å². The van der Waals surface area contributed by atoms with Crippen molar-refractivity contribution in [3.05, 3.63) is 16.8 Å². The number of hydrogen-bond donors (Lipinski definition) is 0. The zero-order valence-electron chi connectivity index (χ0n) is 9.43. The summed E-state index contributed by atoms with van der Waals surface area (Å²) in [4.78, 5) is 21.0. The summed E-state index contributed by atoms with van der Waals surface area (Å²) in [5.41, 5.74) is 1.17. The highest BCUT2D eigenvalue weighted by Gasteiger charge is 2.18. The van der Waals surface area contributed by atoms with Crippen LogP contribution in [0, 0.1) is 0 Å². The van der Waals surface area contributed by atoms with E-state index in [0.29, 0.717) is 42.3 Å². The van der Waals surface area contributed by atoms with Gasteiger partial charge in [-0.05, 0) is 6.07 Å². The molecular weight excluding hydrogens is 258 g/mol. The molecule has 18 heavy (non-hydrogen) atoms. The number of rotatable bonds is 2. The Morgan fingerprint density at radius 1 is 1.33 bits per heavy atom. The molecule has 7 heteroatoms. The maximum Gasteiger partial charge on any atom is 0.300 e. The number of aldehydes is 1. The van der Waals surface area contributed by atoms with Crippen molar-refractivity contribution in [1.29, 1.82) is 0 Å². The van der Waals surface area contributed by atoms with E-state index in [1.807, 2.05) is 4.90 Å². The third kappa shape index (κ3) is 1.93. The first kappa shape index (κ1) is 11.4. The number of morpholine rings is 1. The normalized spacial score (nSPS) is 16.2. The Bertz CT molecular complexity index is 592. The molecule has 1 aliphatic heterocycles. The molecule has 0 amide bonds. The number of aromatic nitrogens is 2. The topological polar surface area (TPSA) is 68.5 Å². The molecule has 1 aliphatic rings. The van der Waals surface area contributed by atoms with Gasteiger partial charge in [-0.3, -0.25) is 4.79 Å². The lowest BCUT2D eigenvalue weighted by Gasteiger charge is -2.24. The molecule has 0 saturated carbocycles. The first-order valence-corrected chi connectivity index (χ1v) is 5.90. The van der Waals surface area contributed by atoms with Crippen LogP contribution in [0.1, 0.15) is 10.4 Å². The maximum absolute atomic E-state index is 10.8. The fourth-order valence-electron chi connectivity index (χ4n) is 1.82. The van der Waals surface area contributed by atoms with Gasteiger partial charge in [0.2, 0.25) is 5.65 Å². The first-order chi connectivity index (χ1) is 8.78. The van der Waals surface area contributed by atoms with Crippen LogP contribution in [-0.2, 0) is 4.74 Å². The van der Waals surface area contributed by atoms with Crippen LogP contribution in [0.4, 0.5) is 6.01 Å². The van der Waals surface area contributed by atoms with Crippen LogP contribution in [0.3, 0.4) is 0 Å². The van der Waals surface area contributed by atoms with E-state index in [2.05, 4.69) is 9.97 Å². The molecule has 0 aliphatic carbocycles. The van der Waals surface area contributed by atoms with Crippen molar-refractivity contribution < 1.29 is 13.9 Å². The van der Waals surface area contributed by atoms with Crippen molar-refractivity contribution in [2.45, 2.75) is 0 Å². The fraction of sp³-hybridized carbons (Fsp3) is 0.364. The van der Waals surface area contributed by atoms with E-state index in [9.17, 15) is 4.79 Å². The summed E-state index contributed by atoms with van der Waals surface area (Å²) in [5.74, 6) is 0. The van der Waals surface area contributed by atoms with Crippen LogP contribution in [0.15, 0.2) is 10.5 Å². The highest BCUT2D eigenvalue weighted by Crippen LogP contribution is 2.24. The maximum atomic E-state index is 10.8. The summed E-state index contributed by atoms with van der Waals surface area (Å²) >= 11 is 5.84. The van der Waals surface area contributed by atoms with Crippen LogP contribution >= 0.6 is 11.6 Å². The Kier molecular flexibility index (Phi) is 2.89. The van der Waals surface area contributed by atoms with Crippen molar-refractivity contribution in [3.63, 3.8) is 0 Å². The zero-order chi connectivity index (χ0) is 12.5. The van der Waals surface area contributed by atoms with Crippen LogP contribution in [0.2, 0.25) is 5.15 Å². The van der Waals surface area contributed by atoms with Gasteiger partial charge in [0.15, 0.2) is 11.9 Å². The summed E-state index contributed by atoms with van der Waals surface area (Å²) in [6, 6.07) is 2.04. The quantitative estimate of drug-likeness (QED) is 0.607. The number of anilines is 1. The Hall–Kier alpha value is -1.66. The van der Waals surface area contributed by atoms with Gasteiger partial charge in [-0.25, -0.2) is 4.98 Å². The zero-order valence-corrected chi connectivity index (χ0v) is 10.2. The van der Waals surface area contributed by atoms with Gasteiger partial charge in [0.05, 0.1) is 18.8 Å². The van der Waals surface area contributed by atoms with Crippen molar-refractivity contribution in [2.75, 3.05) is 31.2 Å². The number of carbonyl (C=O) groups excluding carboxylic acids is 1. The lowest BCUT2D eigenvalue weighted by molar-refractivity contribution is 0.112. The molecule has 0 unspecified atom stereocenters. The molecule has 3 rings (SSSR count). The molecule has 94 valence electrons. The number of fused-ring (bicyclic) bond motifs is 1. The average molecular weight is 268 g/mol. The second-order valence-electron chi connectivity index (χ2n) is 3.90. The minimum atomic E-state index is 0.138. The number of nitrogens with zero attached hydrogens (tertiary/aromatic N) is 3. The average Bonchev–Trinajstić information content (AvgIpc) is 2.81. The monoisotopic (exact) mass is 267 g/mol. The fourth-order valence-corrected chi connectivity index (χ4v) is 2.00. The van der Waals surface area contributed by atoms with Crippen molar-refractivity contribution >= 4 is 35.1 Å². The predicted molar refractivity (Wildman–Crippen MR) is 65.2 cm³/mol. The molecule has 0 atom stereocenters. The van der Waals surface area contributed by atoms with Crippen LogP contribution in [0.25, 0.3) is 11.2 Å². The number of pyridine rings is 1. The largest absolute Gasteiger partial charge is 0.422 e. The summed E-state index contributed by atoms with van der Waals surface area (Å²) in [5, 5.41) is 0.138. The van der Waals surface area contributed by atoms with Crippen LogP contribution in [-0.4, -0.2) is 42.6 Å². The molecule has 0 aromatic carbocycles. The smallest absolute Gasteiger partial charge is 0.300 e. The highest BCUT2D eigenvalue weighted by atomic mass is 35.5. The lowest BCUT2D eigenvalue weighted by Crippen LogP contribution is -2.36. The molecule has 2 aromatic heterocycles. The van der Waals surface area contributed by atoms with Gasteiger partial charge >= 0.3 is 0 Å². The van der Waals surface area contributed by atoms with Gasteiger partial charge in [-0.2, -0.15) is 4.98 Å².